The number of hydrogen-bond donors (Lipinski definition) is 2. The molecule has 0 bridgehead atoms. The van der Waals surface area contributed by atoms with Gasteiger partial charge in [0.15, 0.2) is 0 Å². The van der Waals surface area contributed by atoms with E-state index in [1.165, 1.54) is 19.3 Å². The van der Waals surface area contributed by atoms with E-state index >= 15 is 0 Å². The van der Waals surface area contributed by atoms with E-state index in [2.05, 4.69) is 5.32 Å². The molecule has 4 heteroatoms. The third-order valence-electron chi connectivity index (χ3n) is 4.01. The van der Waals surface area contributed by atoms with Crippen LogP contribution in [-0.4, -0.2) is 37.6 Å². The zero-order valence-electron chi connectivity index (χ0n) is 13.1. The minimum atomic E-state index is -0.477. The highest BCUT2D eigenvalue weighted by molar-refractivity contribution is 5.50. The molecule has 1 saturated carbocycles. The van der Waals surface area contributed by atoms with E-state index in [0.717, 1.165) is 29.8 Å². The molecule has 0 radical (unpaired) electrons. The van der Waals surface area contributed by atoms with Gasteiger partial charge < -0.3 is 19.9 Å². The standard InChI is InChI=1S/C17H27NO3/c1-13-10-14(8-9-17(13)20-2)18-11-15(19)12-21-16-6-4-3-5-7-16/h8-10,15-16,18-19H,3-7,11-12H2,1-2H3. The molecule has 0 heterocycles. The van der Waals surface area contributed by atoms with E-state index in [1.807, 2.05) is 25.1 Å². The van der Waals surface area contributed by atoms with Crippen molar-refractivity contribution in [3.05, 3.63) is 23.8 Å². The summed E-state index contributed by atoms with van der Waals surface area (Å²) in [6, 6.07) is 5.91. The summed E-state index contributed by atoms with van der Waals surface area (Å²) in [5, 5.41) is 13.2. The van der Waals surface area contributed by atoms with Crippen LogP contribution in [0.15, 0.2) is 18.2 Å². The summed E-state index contributed by atoms with van der Waals surface area (Å²) >= 11 is 0. The Morgan fingerprint density at radius 3 is 2.71 bits per heavy atom. The van der Waals surface area contributed by atoms with Gasteiger partial charge in [0, 0.05) is 12.2 Å². The fraction of sp³-hybridized carbons (Fsp3) is 0.647. The van der Waals surface area contributed by atoms with Crippen LogP contribution in [0.4, 0.5) is 5.69 Å². The fourth-order valence-corrected chi connectivity index (χ4v) is 2.76. The Kier molecular flexibility index (Phi) is 6.33. The Labute approximate surface area is 127 Å². The van der Waals surface area contributed by atoms with E-state index in [-0.39, 0.29) is 0 Å². The number of nitrogens with one attached hydrogen (secondary N) is 1. The van der Waals surface area contributed by atoms with Gasteiger partial charge in [0.05, 0.1) is 25.9 Å². The number of ether oxygens (including phenoxy) is 2. The van der Waals surface area contributed by atoms with E-state index in [1.54, 1.807) is 7.11 Å². The highest BCUT2D eigenvalue weighted by atomic mass is 16.5. The normalized spacial score (nSPS) is 17.5. The van der Waals surface area contributed by atoms with Gasteiger partial charge in [0.2, 0.25) is 0 Å². The third kappa shape index (κ3) is 5.21. The van der Waals surface area contributed by atoms with Crippen molar-refractivity contribution in [3.8, 4) is 5.75 Å². The Hall–Kier alpha value is -1.26. The second kappa shape index (κ2) is 8.25. The molecular formula is C17H27NO3. The van der Waals surface area contributed by atoms with Crippen molar-refractivity contribution in [2.24, 2.45) is 0 Å². The largest absolute Gasteiger partial charge is 0.496 e. The van der Waals surface area contributed by atoms with Crippen molar-refractivity contribution in [2.75, 3.05) is 25.6 Å². The lowest BCUT2D eigenvalue weighted by atomic mass is 9.98. The van der Waals surface area contributed by atoms with Crippen LogP contribution >= 0.6 is 0 Å². The van der Waals surface area contributed by atoms with Crippen molar-refractivity contribution < 1.29 is 14.6 Å². The number of methoxy groups -OCH3 is 1. The van der Waals surface area contributed by atoms with E-state index in [0.29, 0.717) is 19.3 Å². The molecule has 21 heavy (non-hydrogen) atoms. The van der Waals surface area contributed by atoms with Gasteiger partial charge >= 0.3 is 0 Å². The van der Waals surface area contributed by atoms with Crippen molar-refractivity contribution >= 4 is 5.69 Å². The molecule has 4 nitrogen and oxygen atoms in total. The summed E-state index contributed by atoms with van der Waals surface area (Å²) in [4.78, 5) is 0. The van der Waals surface area contributed by atoms with Crippen LogP contribution in [0.3, 0.4) is 0 Å². The lowest BCUT2D eigenvalue weighted by Gasteiger charge is -2.23. The van der Waals surface area contributed by atoms with Crippen molar-refractivity contribution in [2.45, 2.75) is 51.2 Å². The Balaban J connectivity index is 1.70. The lowest BCUT2D eigenvalue weighted by Crippen LogP contribution is -2.28. The number of rotatable bonds is 7. The van der Waals surface area contributed by atoms with Crippen molar-refractivity contribution in [3.63, 3.8) is 0 Å². The SMILES string of the molecule is COc1ccc(NCC(O)COC2CCCCC2)cc1C. The number of aryl methyl sites for hydroxylation is 1. The molecule has 1 aromatic rings. The van der Waals surface area contributed by atoms with Crippen LogP contribution in [-0.2, 0) is 4.74 Å². The monoisotopic (exact) mass is 293 g/mol. The van der Waals surface area contributed by atoms with Crippen LogP contribution in [0.2, 0.25) is 0 Å². The average molecular weight is 293 g/mol. The zero-order chi connectivity index (χ0) is 15.1. The first-order valence-electron chi connectivity index (χ1n) is 7.87. The molecule has 2 N–H and O–H groups in total. The van der Waals surface area contributed by atoms with Crippen molar-refractivity contribution in [1.29, 1.82) is 0 Å². The minimum Gasteiger partial charge on any atom is -0.496 e. The topological polar surface area (TPSA) is 50.7 Å². The first kappa shape index (κ1) is 16.1. The van der Waals surface area contributed by atoms with Gasteiger partial charge in [-0.05, 0) is 43.5 Å². The molecule has 1 unspecified atom stereocenters. The van der Waals surface area contributed by atoms with Crippen molar-refractivity contribution in [1.82, 2.24) is 0 Å². The lowest BCUT2D eigenvalue weighted by molar-refractivity contribution is -0.0195. The molecule has 2 rings (SSSR count). The molecule has 1 atom stereocenters. The molecule has 1 fully saturated rings. The maximum absolute atomic E-state index is 10.00. The Morgan fingerprint density at radius 2 is 2.05 bits per heavy atom. The van der Waals surface area contributed by atoms with Crippen LogP contribution in [0.1, 0.15) is 37.7 Å². The molecule has 0 amide bonds. The average Bonchev–Trinajstić information content (AvgIpc) is 2.52. The molecule has 0 aliphatic heterocycles. The van der Waals surface area contributed by atoms with Gasteiger partial charge in [-0.1, -0.05) is 19.3 Å². The second-order valence-electron chi connectivity index (χ2n) is 5.81. The first-order chi connectivity index (χ1) is 10.2. The molecule has 1 aliphatic carbocycles. The predicted molar refractivity (Wildman–Crippen MR) is 85.1 cm³/mol. The highest BCUT2D eigenvalue weighted by Crippen LogP contribution is 2.22. The van der Waals surface area contributed by atoms with Crippen LogP contribution in [0.5, 0.6) is 5.75 Å². The van der Waals surface area contributed by atoms with E-state index in [4.69, 9.17) is 9.47 Å². The van der Waals surface area contributed by atoms with Crippen LogP contribution in [0, 0.1) is 6.92 Å². The molecule has 118 valence electrons. The number of anilines is 1. The maximum atomic E-state index is 10.00. The van der Waals surface area contributed by atoms with Gasteiger partial charge in [0.1, 0.15) is 5.75 Å². The smallest absolute Gasteiger partial charge is 0.121 e. The maximum Gasteiger partial charge on any atom is 0.121 e. The van der Waals surface area contributed by atoms with Gasteiger partial charge in [-0.3, -0.25) is 0 Å². The zero-order valence-corrected chi connectivity index (χ0v) is 13.1. The highest BCUT2D eigenvalue weighted by Gasteiger charge is 2.15. The fourth-order valence-electron chi connectivity index (χ4n) is 2.76. The summed E-state index contributed by atoms with van der Waals surface area (Å²) in [5.74, 6) is 0.877. The number of hydrogen-bond acceptors (Lipinski definition) is 4. The summed E-state index contributed by atoms with van der Waals surface area (Å²) in [5.41, 5.74) is 2.07. The van der Waals surface area contributed by atoms with Gasteiger partial charge in [-0.25, -0.2) is 0 Å². The Bertz CT molecular complexity index is 430. The van der Waals surface area contributed by atoms with Crippen LogP contribution in [0.25, 0.3) is 0 Å². The summed E-state index contributed by atoms with van der Waals surface area (Å²) in [6.45, 7) is 2.91. The van der Waals surface area contributed by atoms with Crippen LogP contribution < -0.4 is 10.1 Å². The van der Waals surface area contributed by atoms with E-state index in [9.17, 15) is 5.11 Å². The molecule has 0 saturated heterocycles. The summed E-state index contributed by atoms with van der Waals surface area (Å²) in [6.07, 6.45) is 5.97. The number of aliphatic hydroxyl groups is 1. The summed E-state index contributed by atoms with van der Waals surface area (Å²) < 4.78 is 11.0. The van der Waals surface area contributed by atoms with Gasteiger partial charge in [-0.2, -0.15) is 0 Å². The quantitative estimate of drug-likeness (QED) is 0.811. The molecule has 0 aromatic heterocycles. The number of aliphatic hydroxyl groups excluding tert-OH is 1. The first-order valence-corrected chi connectivity index (χ1v) is 7.87. The van der Waals surface area contributed by atoms with E-state index < -0.39 is 6.10 Å². The summed E-state index contributed by atoms with van der Waals surface area (Å²) in [7, 11) is 1.67. The van der Waals surface area contributed by atoms with Gasteiger partial charge in [0.25, 0.3) is 0 Å². The molecule has 1 aliphatic rings. The predicted octanol–water partition coefficient (Wildman–Crippen LogP) is 3.13. The Morgan fingerprint density at radius 1 is 1.29 bits per heavy atom. The minimum absolute atomic E-state index is 0.344. The molecule has 0 spiro atoms. The number of benzene rings is 1. The second-order valence-corrected chi connectivity index (χ2v) is 5.81. The van der Waals surface area contributed by atoms with Gasteiger partial charge in [-0.15, -0.1) is 0 Å². The molecule has 1 aromatic carbocycles. The third-order valence-corrected chi connectivity index (χ3v) is 4.01. The molecular weight excluding hydrogens is 266 g/mol.